The first-order valence-electron chi connectivity index (χ1n) is 6.23. The smallest absolute Gasteiger partial charge is 0.197 e. The number of hydrogen-bond donors (Lipinski definition) is 2. The first-order chi connectivity index (χ1) is 8.61. The highest BCUT2D eigenvalue weighted by molar-refractivity contribution is 5.46. The van der Waals surface area contributed by atoms with Crippen LogP contribution in [0.25, 0.3) is 0 Å². The SMILES string of the molecule is CCCCCC(OC)(OC)c1cccc(O)c1O. The molecule has 0 spiro atoms. The van der Waals surface area contributed by atoms with Crippen molar-refractivity contribution >= 4 is 0 Å². The average molecular weight is 254 g/mol. The molecule has 2 N–H and O–H groups in total. The number of unbranched alkanes of at least 4 members (excludes halogenated alkanes) is 2. The van der Waals surface area contributed by atoms with Gasteiger partial charge >= 0.3 is 0 Å². The summed E-state index contributed by atoms with van der Waals surface area (Å²) in [5.41, 5.74) is 0.462. The normalized spacial score (nSPS) is 11.7. The van der Waals surface area contributed by atoms with Crippen LogP contribution in [-0.4, -0.2) is 24.4 Å². The highest BCUT2D eigenvalue weighted by atomic mass is 16.7. The monoisotopic (exact) mass is 254 g/mol. The van der Waals surface area contributed by atoms with Crippen molar-refractivity contribution in [3.8, 4) is 11.5 Å². The van der Waals surface area contributed by atoms with E-state index in [1.165, 1.54) is 6.07 Å². The lowest BCUT2D eigenvalue weighted by molar-refractivity contribution is -0.221. The molecular formula is C14H22O4. The molecule has 0 aliphatic rings. The summed E-state index contributed by atoms with van der Waals surface area (Å²) in [4.78, 5) is 0. The van der Waals surface area contributed by atoms with Crippen LogP contribution in [0.3, 0.4) is 0 Å². The molecule has 4 nitrogen and oxygen atoms in total. The number of phenols is 2. The predicted octanol–water partition coefficient (Wildman–Crippen LogP) is 3.12. The summed E-state index contributed by atoms with van der Waals surface area (Å²) in [6.07, 6.45) is 3.71. The quantitative estimate of drug-likeness (QED) is 0.446. The van der Waals surface area contributed by atoms with E-state index in [-0.39, 0.29) is 11.5 Å². The summed E-state index contributed by atoms with van der Waals surface area (Å²) >= 11 is 0. The Hall–Kier alpha value is -1.26. The van der Waals surface area contributed by atoms with Gasteiger partial charge in [0.2, 0.25) is 0 Å². The van der Waals surface area contributed by atoms with Crippen molar-refractivity contribution < 1.29 is 19.7 Å². The zero-order chi connectivity index (χ0) is 13.6. The van der Waals surface area contributed by atoms with E-state index in [2.05, 4.69) is 6.92 Å². The molecule has 0 bridgehead atoms. The van der Waals surface area contributed by atoms with E-state index in [9.17, 15) is 10.2 Å². The summed E-state index contributed by atoms with van der Waals surface area (Å²) in [6.45, 7) is 2.12. The zero-order valence-electron chi connectivity index (χ0n) is 11.3. The number of phenolic OH excluding ortho intramolecular Hbond substituents is 2. The molecule has 1 rings (SSSR count). The van der Waals surface area contributed by atoms with Crippen LogP contribution < -0.4 is 0 Å². The Bertz CT molecular complexity index is 372. The molecule has 0 unspecified atom stereocenters. The van der Waals surface area contributed by atoms with E-state index >= 15 is 0 Å². The van der Waals surface area contributed by atoms with Gasteiger partial charge in [0.1, 0.15) is 0 Å². The maximum absolute atomic E-state index is 9.94. The Kier molecular flexibility index (Phi) is 5.44. The van der Waals surface area contributed by atoms with Gasteiger partial charge in [0, 0.05) is 20.6 Å². The van der Waals surface area contributed by atoms with E-state index < -0.39 is 5.79 Å². The van der Waals surface area contributed by atoms with Gasteiger partial charge in [-0.3, -0.25) is 0 Å². The van der Waals surface area contributed by atoms with Gasteiger partial charge in [-0.15, -0.1) is 0 Å². The third-order valence-corrected chi connectivity index (χ3v) is 3.19. The van der Waals surface area contributed by atoms with E-state index in [4.69, 9.17) is 9.47 Å². The summed E-state index contributed by atoms with van der Waals surface area (Å²) in [6, 6.07) is 4.80. The lowest BCUT2D eigenvalue weighted by Gasteiger charge is -2.32. The Morgan fingerprint density at radius 3 is 2.33 bits per heavy atom. The molecule has 0 atom stereocenters. The van der Waals surface area contributed by atoms with E-state index in [0.29, 0.717) is 12.0 Å². The van der Waals surface area contributed by atoms with Crippen molar-refractivity contribution in [1.29, 1.82) is 0 Å². The lowest BCUT2D eigenvalue weighted by Crippen LogP contribution is -2.30. The summed E-state index contributed by atoms with van der Waals surface area (Å²) in [5, 5.41) is 19.5. The van der Waals surface area contributed by atoms with Crippen molar-refractivity contribution in [1.82, 2.24) is 0 Å². The van der Waals surface area contributed by atoms with Crippen LogP contribution in [0.5, 0.6) is 11.5 Å². The van der Waals surface area contributed by atoms with Crippen LogP contribution in [0.1, 0.15) is 38.2 Å². The molecule has 1 aromatic carbocycles. The lowest BCUT2D eigenvalue weighted by atomic mass is 9.97. The average Bonchev–Trinajstić information content (AvgIpc) is 2.39. The molecule has 0 heterocycles. The fourth-order valence-electron chi connectivity index (χ4n) is 2.09. The number of rotatable bonds is 7. The molecule has 0 fully saturated rings. The third kappa shape index (κ3) is 2.94. The standard InChI is InChI=1S/C14H22O4/c1-4-5-6-10-14(17-2,18-3)11-8-7-9-12(15)13(11)16/h7-9,15-16H,4-6,10H2,1-3H3. The second kappa shape index (κ2) is 6.61. The molecule has 4 heteroatoms. The molecule has 0 saturated carbocycles. The molecule has 102 valence electrons. The fourth-order valence-corrected chi connectivity index (χ4v) is 2.09. The summed E-state index contributed by atoms with van der Waals surface area (Å²) in [5.74, 6) is -1.35. The first kappa shape index (κ1) is 14.8. The minimum Gasteiger partial charge on any atom is -0.504 e. The van der Waals surface area contributed by atoms with Crippen LogP contribution in [-0.2, 0) is 15.3 Å². The Labute approximate surface area is 108 Å². The largest absolute Gasteiger partial charge is 0.504 e. The predicted molar refractivity (Wildman–Crippen MR) is 69.6 cm³/mol. The molecule has 0 saturated heterocycles. The number of hydrogen-bond acceptors (Lipinski definition) is 4. The number of methoxy groups -OCH3 is 2. The van der Waals surface area contributed by atoms with Crippen LogP contribution in [0.2, 0.25) is 0 Å². The Balaban J connectivity index is 3.05. The number of para-hydroxylation sites is 1. The number of aromatic hydroxyl groups is 2. The van der Waals surface area contributed by atoms with Gasteiger partial charge < -0.3 is 19.7 Å². The molecular weight excluding hydrogens is 232 g/mol. The van der Waals surface area contributed by atoms with E-state index in [1.54, 1.807) is 26.4 Å². The molecule has 0 aliphatic carbocycles. The number of ether oxygens (including phenoxy) is 2. The van der Waals surface area contributed by atoms with Crippen molar-refractivity contribution in [3.63, 3.8) is 0 Å². The Morgan fingerprint density at radius 2 is 1.78 bits per heavy atom. The molecule has 18 heavy (non-hydrogen) atoms. The van der Waals surface area contributed by atoms with Gasteiger partial charge in [-0.1, -0.05) is 25.8 Å². The van der Waals surface area contributed by atoms with Crippen LogP contribution in [0.4, 0.5) is 0 Å². The van der Waals surface area contributed by atoms with Crippen molar-refractivity contribution in [2.75, 3.05) is 14.2 Å². The maximum atomic E-state index is 9.94. The third-order valence-electron chi connectivity index (χ3n) is 3.19. The second-order valence-electron chi connectivity index (χ2n) is 4.29. The molecule has 0 amide bonds. The van der Waals surface area contributed by atoms with Crippen LogP contribution in [0, 0.1) is 0 Å². The maximum Gasteiger partial charge on any atom is 0.197 e. The summed E-state index contributed by atoms with van der Waals surface area (Å²) < 4.78 is 10.9. The zero-order valence-corrected chi connectivity index (χ0v) is 11.3. The van der Waals surface area contributed by atoms with E-state index in [1.807, 2.05) is 0 Å². The minimum absolute atomic E-state index is 0.165. The fraction of sp³-hybridized carbons (Fsp3) is 0.571. The van der Waals surface area contributed by atoms with Crippen LogP contribution in [0.15, 0.2) is 18.2 Å². The van der Waals surface area contributed by atoms with Gasteiger partial charge in [-0.2, -0.15) is 0 Å². The molecule has 1 aromatic rings. The Morgan fingerprint density at radius 1 is 1.11 bits per heavy atom. The van der Waals surface area contributed by atoms with E-state index in [0.717, 1.165) is 19.3 Å². The topological polar surface area (TPSA) is 58.9 Å². The van der Waals surface area contributed by atoms with Crippen molar-refractivity contribution in [2.45, 2.75) is 38.4 Å². The molecule has 0 aliphatic heterocycles. The van der Waals surface area contributed by atoms with Crippen molar-refractivity contribution in [3.05, 3.63) is 23.8 Å². The van der Waals surface area contributed by atoms with Gasteiger partial charge in [0.15, 0.2) is 17.3 Å². The second-order valence-corrected chi connectivity index (χ2v) is 4.29. The molecule has 0 radical (unpaired) electrons. The van der Waals surface area contributed by atoms with Crippen LogP contribution >= 0.6 is 0 Å². The highest BCUT2D eigenvalue weighted by Crippen LogP contribution is 2.41. The summed E-state index contributed by atoms with van der Waals surface area (Å²) in [7, 11) is 3.08. The van der Waals surface area contributed by atoms with Gasteiger partial charge in [-0.25, -0.2) is 0 Å². The molecule has 0 aromatic heterocycles. The first-order valence-corrected chi connectivity index (χ1v) is 6.23. The van der Waals surface area contributed by atoms with Gasteiger partial charge in [0.25, 0.3) is 0 Å². The van der Waals surface area contributed by atoms with Crippen molar-refractivity contribution in [2.24, 2.45) is 0 Å². The van der Waals surface area contributed by atoms with Gasteiger partial charge in [0.05, 0.1) is 5.56 Å². The minimum atomic E-state index is -1.00. The van der Waals surface area contributed by atoms with Gasteiger partial charge in [-0.05, 0) is 18.6 Å². The highest BCUT2D eigenvalue weighted by Gasteiger charge is 2.34. The number of benzene rings is 1.